The molecule has 1 aromatic carbocycles. The van der Waals surface area contributed by atoms with Crippen LogP contribution in [-0.2, 0) is 0 Å². The number of anilines is 2. The van der Waals surface area contributed by atoms with Gasteiger partial charge in [-0.1, -0.05) is 22.9 Å². The molecule has 3 N–H and O–H groups in total. The number of nitrogen functional groups attached to an aromatic ring is 1. The minimum Gasteiger partial charge on any atom is -0.374 e. The molecule has 17 heavy (non-hydrogen) atoms. The molecular formula is C9H6BrClN4OS. The Labute approximate surface area is 114 Å². The fourth-order valence-corrected chi connectivity index (χ4v) is 2.49. The van der Waals surface area contributed by atoms with Crippen LogP contribution in [0.2, 0.25) is 5.02 Å². The molecule has 1 aromatic heterocycles. The molecule has 0 saturated carbocycles. The van der Waals surface area contributed by atoms with Crippen LogP contribution in [0.4, 0.5) is 10.3 Å². The highest BCUT2D eigenvalue weighted by Gasteiger charge is 2.12. The SMILES string of the molecule is Nc1nnc(NC(=O)c2ccc(Cl)cc2Br)s1. The summed E-state index contributed by atoms with van der Waals surface area (Å²) in [6.45, 7) is 0. The highest BCUT2D eigenvalue weighted by Crippen LogP contribution is 2.23. The van der Waals surface area contributed by atoms with E-state index in [4.69, 9.17) is 17.3 Å². The van der Waals surface area contributed by atoms with Gasteiger partial charge in [-0.25, -0.2) is 0 Å². The molecule has 0 bridgehead atoms. The van der Waals surface area contributed by atoms with Crippen molar-refractivity contribution in [2.75, 3.05) is 11.1 Å². The van der Waals surface area contributed by atoms with Crippen LogP contribution in [0.15, 0.2) is 22.7 Å². The molecule has 5 nitrogen and oxygen atoms in total. The van der Waals surface area contributed by atoms with Gasteiger partial charge in [0.05, 0.1) is 5.56 Å². The van der Waals surface area contributed by atoms with Crippen LogP contribution in [0.5, 0.6) is 0 Å². The highest BCUT2D eigenvalue weighted by molar-refractivity contribution is 9.10. The van der Waals surface area contributed by atoms with E-state index in [1.807, 2.05) is 0 Å². The van der Waals surface area contributed by atoms with E-state index in [-0.39, 0.29) is 5.91 Å². The summed E-state index contributed by atoms with van der Waals surface area (Å²) in [7, 11) is 0. The van der Waals surface area contributed by atoms with Gasteiger partial charge in [-0.3, -0.25) is 10.1 Å². The Balaban J connectivity index is 2.20. The number of hydrogen-bond acceptors (Lipinski definition) is 5. The molecule has 1 heterocycles. The molecule has 2 aromatic rings. The van der Waals surface area contributed by atoms with Gasteiger partial charge in [0.15, 0.2) is 0 Å². The van der Waals surface area contributed by atoms with Gasteiger partial charge in [0, 0.05) is 9.50 Å². The van der Waals surface area contributed by atoms with E-state index in [9.17, 15) is 4.79 Å². The zero-order valence-electron chi connectivity index (χ0n) is 8.28. The first kappa shape index (κ1) is 12.3. The largest absolute Gasteiger partial charge is 0.374 e. The molecule has 0 aliphatic heterocycles. The normalized spacial score (nSPS) is 10.2. The van der Waals surface area contributed by atoms with Crippen molar-refractivity contribution < 1.29 is 4.79 Å². The van der Waals surface area contributed by atoms with Gasteiger partial charge in [-0.05, 0) is 34.1 Å². The second kappa shape index (κ2) is 4.99. The molecule has 0 radical (unpaired) electrons. The number of hydrogen-bond donors (Lipinski definition) is 2. The zero-order chi connectivity index (χ0) is 12.4. The predicted octanol–water partition coefficient (Wildman–Crippen LogP) is 2.79. The van der Waals surface area contributed by atoms with Gasteiger partial charge < -0.3 is 5.73 Å². The van der Waals surface area contributed by atoms with Crippen molar-refractivity contribution in [1.29, 1.82) is 0 Å². The van der Waals surface area contributed by atoms with Crippen LogP contribution in [0, 0.1) is 0 Å². The number of rotatable bonds is 2. The van der Waals surface area contributed by atoms with Crippen molar-refractivity contribution in [1.82, 2.24) is 10.2 Å². The molecule has 8 heteroatoms. The summed E-state index contributed by atoms with van der Waals surface area (Å²) in [4.78, 5) is 11.9. The van der Waals surface area contributed by atoms with Crippen LogP contribution < -0.4 is 11.1 Å². The van der Waals surface area contributed by atoms with Gasteiger partial charge in [-0.2, -0.15) is 0 Å². The van der Waals surface area contributed by atoms with E-state index in [2.05, 4.69) is 31.4 Å². The minimum absolute atomic E-state index is 0.301. The molecule has 0 aliphatic carbocycles. The summed E-state index contributed by atoms with van der Waals surface area (Å²) in [6.07, 6.45) is 0. The maximum absolute atomic E-state index is 11.9. The number of amides is 1. The Morgan fingerprint density at radius 2 is 2.24 bits per heavy atom. The number of halogens is 2. The molecule has 88 valence electrons. The fourth-order valence-electron chi connectivity index (χ4n) is 1.12. The molecule has 2 rings (SSSR count). The van der Waals surface area contributed by atoms with E-state index >= 15 is 0 Å². The van der Waals surface area contributed by atoms with Crippen LogP contribution in [0.25, 0.3) is 0 Å². The number of aromatic nitrogens is 2. The smallest absolute Gasteiger partial charge is 0.258 e. The van der Waals surface area contributed by atoms with Gasteiger partial charge in [0.2, 0.25) is 10.3 Å². The van der Waals surface area contributed by atoms with E-state index in [1.54, 1.807) is 18.2 Å². The maximum atomic E-state index is 11.9. The number of carbonyl (C=O) groups is 1. The van der Waals surface area contributed by atoms with Crippen molar-refractivity contribution in [3.05, 3.63) is 33.3 Å². The first-order valence-electron chi connectivity index (χ1n) is 4.41. The van der Waals surface area contributed by atoms with E-state index in [0.29, 0.717) is 25.3 Å². The van der Waals surface area contributed by atoms with Crippen molar-refractivity contribution in [3.63, 3.8) is 0 Å². The summed E-state index contributed by atoms with van der Waals surface area (Å²) in [6, 6.07) is 4.90. The standard InChI is InChI=1S/C9H6BrClN4OS/c10-6-3-4(11)1-2-5(6)7(16)13-9-15-14-8(12)17-9/h1-3H,(H2,12,14)(H,13,15,16). The lowest BCUT2D eigenvalue weighted by Gasteiger charge is -2.03. The first-order valence-corrected chi connectivity index (χ1v) is 6.40. The predicted molar refractivity (Wildman–Crippen MR) is 71.4 cm³/mol. The second-order valence-electron chi connectivity index (χ2n) is 3.02. The molecule has 0 unspecified atom stereocenters. The van der Waals surface area contributed by atoms with Crippen LogP contribution in [0.3, 0.4) is 0 Å². The molecule has 0 spiro atoms. The Bertz CT molecular complexity index is 574. The molecule has 0 atom stereocenters. The average Bonchev–Trinajstić information content (AvgIpc) is 2.63. The lowest BCUT2D eigenvalue weighted by Crippen LogP contribution is -2.12. The number of benzene rings is 1. The second-order valence-corrected chi connectivity index (χ2v) is 5.32. The van der Waals surface area contributed by atoms with Gasteiger partial charge >= 0.3 is 0 Å². The van der Waals surface area contributed by atoms with Gasteiger partial charge in [0.1, 0.15) is 0 Å². The van der Waals surface area contributed by atoms with Crippen LogP contribution in [-0.4, -0.2) is 16.1 Å². The number of nitrogens with one attached hydrogen (secondary N) is 1. The Kier molecular flexibility index (Phi) is 3.60. The van der Waals surface area contributed by atoms with Crippen molar-refractivity contribution in [2.24, 2.45) is 0 Å². The molecule has 0 saturated heterocycles. The number of nitrogens with two attached hydrogens (primary N) is 1. The Morgan fingerprint density at radius 3 is 2.82 bits per heavy atom. The van der Waals surface area contributed by atoms with Crippen LogP contribution >= 0.6 is 38.9 Å². The van der Waals surface area contributed by atoms with Gasteiger partial charge in [0.25, 0.3) is 5.91 Å². The van der Waals surface area contributed by atoms with Crippen molar-refractivity contribution in [3.8, 4) is 0 Å². The molecule has 0 aliphatic rings. The third kappa shape index (κ3) is 2.93. The molecular weight excluding hydrogens is 328 g/mol. The fraction of sp³-hybridized carbons (Fsp3) is 0. The monoisotopic (exact) mass is 332 g/mol. The summed E-state index contributed by atoms with van der Waals surface area (Å²) < 4.78 is 0.611. The first-order chi connectivity index (χ1) is 8.06. The number of nitrogens with zero attached hydrogens (tertiary/aromatic N) is 2. The maximum Gasteiger partial charge on any atom is 0.258 e. The summed E-state index contributed by atoms with van der Waals surface area (Å²) >= 11 is 10.2. The molecule has 1 amide bonds. The summed E-state index contributed by atoms with van der Waals surface area (Å²) in [5, 5.41) is 11.1. The minimum atomic E-state index is -0.301. The molecule has 0 fully saturated rings. The van der Waals surface area contributed by atoms with E-state index in [0.717, 1.165) is 11.3 Å². The van der Waals surface area contributed by atoms with Crippen molar-refractivity contribution >= 4 is 55.0 Å². The van der Waals surface area contributed by atoms with Crippen LogP contribution in [0.1, 0.15) is 10.4 Å². The lowest BCUT2D eigenvalue weighted by atomic mass is 10.2. The van der Waals surface area contributed by atoms with E-state index in [1.165, 1.54) is 0 Å². The Hall–Kier alpha value is -1.18. The zero-order valence-corrected chi connectivity index (χ0v) is 11.4. The van der Waals surface area contributed by atoms with Crippen molar-refractivity contribution in [2.45, 2.75) is 0 Å². The third-order valence-electron chi connectivity index (χ3n) is 1.84. The lowest BCUT2D eigenvalue weighted by molar-refractivity contribution is 0.102. The third-order valence-corrected chi connectivity index (χ3v) is 3.40. The average molecular weight is 334 g/mol. The summed E-state index contributed by atoms with van der Waals surface area (Å²) in [5.74, 6) is -0.301. The highest BCUT2D eigenvalue weighted by atomic mass is 79.9. The summed E-state index contributed by atoms with van der Waals surface area (Å²) in [5.41, 5.74) is 5.87. The quantitative estimate of drug-likeness (QED) is 0.885. The topological polar surface area (TPSA) is 80.9 Å². The Morgan fingerprint density at radius 1 is 1.47 bits per heavy atom. The van der Waals surface area contributed by atoms with Gasteiger partial charge in [-0.15, -0.1) is 10.2 Å². The van der Waals surface area contributed by atoms with E-state index < -0.39 is 0 Å². The number of carbonyl (C=O) groups excluding carboxylic acids is 1.